The Labute approximate surface area is 168 Å². The van der Waals surface area contributed by atoms with Crippen LogP contribution in [0.2, 0.25) is 0 Å². The third-order valence-corrected chi connectivity index (χ3v) is 5.27. The fourth-order valence-electron chi connectivity index (χ4n) is 3.50. The number of nitro groups is 1. The molecular weight excluding hydrogens is 428 g/mol. The molecule has 0 radical (unpaired) electrons. The van der Waals surface area contributed by atoms with E-state index in [0.717, 1.165) is 4.47 Å². The van der Waals surface area contributed by atoms with Gasteiger partial charge in [0.05, 0.1) is 10.5 Å². The molecule has 0 amide bonds. The van der Waals surface area contributed by atoms with Crippen LogP contribution in [-0.2, 0) is 4.74 Å². The number of rotatable bonds is 3. The number of carbonyl (C=O) groups excluding carboxylic acids is 2. The number of carbonyl (C=O) groups is 2. The Balaban J connectivity index is 2.00. The van der Waals surface area contributed by atoms with E-state index in [9.17, 15) is 19.7 Å². The topological polar surface area (TPSA) is 98.5 Å². The molecule has 2 aromatic rings. The number of Topliss-reactive ketones (excluding diaryl/α,β-unsaturated/α-hetero) is 2. The summed E-state index contributed by atoms with van der Waals surface area (Å²) in [6, 6.07) is 13.2. The van der Waals surface area contributed by atoms with Crippen LogP contribution in [0.15, 0.2) is 75.9 Å². The van der Waals surface area contributed by atoms with Crippen LogP contribution in [0.1, 0.15) is 32.2 Å². The molecule has 1 unspecified atom stereocenters. The average molecular weight is 441 g/mol. The second-order valence-electron chi connectivity index (χ2n) is 6.25. The van der Waals surface area contributed by atoms with Crippen LogP contribution in [0.3, 0.4) is 0 Å². The van der Waals surface area contributed by atoms with Crippen LogP contribution in [0, 0.1) is 10.1 Å². The molecule has 0 aromatic heterocycles. The Morgan fingerprint density at radius 1 is 1.04 bits per heavy atom. The minimum Gasteiger partial charge on any atom is -0.431 e. The molecule has 7 nitrogen and oxygen atoms in total. The van der Waals surface area contributed by atoms with Crippen molar-refractivity contribution in [1.82, 2.24) is 5.32 Å². The molecule has 28 heavy (non-hydrogen) atoms. The highest BCUT2D eigenvalue weighted by Crippen LogP contribution is 2.44. The van der Waals surface area contributed by atoms with Crippen LogP contribution >= 0.6 is 15.9 Å². The number of benzene rings is 2. The van der Waals surface area contributed by atoms with Crippen LogP contribution in [0.25, 0.3) is 0 Å². The Bertz CT molecular complexity index is 1100. The quantitative estimate of drug-likeness (QED) is 0.578. The highest BCUT2D eigenvalue weighted by Gasteiger charge is 2.48. The summed E-state index contributed by atoms with van der Waals surface area (Å²) in [4.78, 5) is 37.5. The molecule has 8 heteroatoms. The van der Waals surface area contributed by atoms with Gasteiger partial charge in [0, 0.05) is 22.6 Å². The minimum atomic E-state index is -1.04. The first-order valence-corrected chi connectivity index (χ1v) is 9.15. The fourth-order valence-corrected chi connectivity index (χ4v) is 3.77. The molecule has 0 fully saturated rings. The Morgan fingerprint density at radius 2 is 1.64 bits per heavy atom. The molecule has 0 bridgehead atoms. The molecular formula is C20H13BrN2O5. The monoisotopic (exact) mass is 440 g/mol. The maximum absolute atomic E-state index is 13.2. The number of halogens is 1. The summed E-state index contributed by atoms with van der Waals surface area (Å²) in [6.45, 7) is 0. The number of hydrogen-bond donors (Lipinski definition) is 1. The van der Waals surface area contributed by atoms with E-state index < -0.39 is 22.4 Å². The van der Waals surface area contributed by atoms with Crippen molar-refractivity contribution in [3.8, 4) is 0 Å². The Hall–Kier alpha value is -3.26. The van der Waals surface area contributed by atoms with Gasteiger partial charge in [0.25, 0.3) is 5.88 Å². The van der Waals surface area contributed by atoms with Crippen LogP contribution in [-0.4, -0.2) is 23.5 Å². The molecule has 2 aliphatic rings. The first kappa shape index (κ1) is 18.1. The summed E-state index contributed by atoms with van der Waals surface area (Å²) in [5, 5.41) is 14.5. The van der Waals surface area contributed by atoms with E-state index in [1.165, 1.54) is 7.05 Å². The molecule has 1 aliphatic carbocycles. The van der Waals surface area contributed by atoms with Crippen molar-refractivity contribution in [2.24, 2.45) is 0 Å². The lowest BCUT2D eigenvalue weighted by atomic mass is 9.77. The molecule has 0 saturated heterocycles. The molecule has 1 heterocycles. The van der Waals surface area contributed by atoms with Crippen molar-refractivity contribution in [3.05, 3.63) is 103 Å². The zero-order chi connectivity index (χ0) is 20.0. The van der Waals surface area contributed by atoms with E-state index in [1.807, 2.05) is 0 Å². The third kappa shape index (κ3) is 2.65. The van der Waals surface area contributed by atoms with Crippen molar-refractivity contribution in [2.45, 2.75) is 5.92 Å². The molecule has 1 aliphatic heterocycles. The van der Waals surface area contributed by atoms with Gasteiger partial charge < -0.3 is 10.1 Å². The Morgan fingerprint density at radius 3 is 2.21 bits per heavy atom. The first-order valence-electron chi connectivity index (χ1n) is 8.36. The first-order chi connectivity index (χ1) is 13.4. The smallest absolute Gasteiger partial charge is 0.317 e. The largest absolute Gasteiger partial charge is 0.431 e. The lowest BCUT2D eigenvalue weighted by molar-refractivity contribution is -0.433. The number of allylic oxidation sites excluding steroid dienone is 2. The summed E-state index contributed by atoms with van der Waals surface area (Å²) < 4.78 is 6.34. The van der Waals surface area contributed by atoms with Gasteiger partial charge in [-0.05, 0) is 17.7 Å². The lowest BCUT2D eigenvalue weighted by Crippen LogP contribution is -2.35. The molecule has 2 aromatic carbocycles. The summed E-state index contributed by atoms with van der Waals surface area (Å²) in [5.74, 6) is -2.29. The van der Waals surface area contributed by atoms with E-state index in [-0.39, 0.29) is 34.0 Å². The normalized spacial score (nSPS) is 18.4. The second kappa shape index (κ2) is 6.72. The van der Waals surface area contributed by atoms with Crippen LogP contribution in [0.5, 0.6) is 0 Å². The van der Waals surface area contributed by atoms with Gasteiger partial charge in [0.15, 0.2) is 11.5 Å². The van der Waals surface area contributed by atoms with Crippen molar-refractivity contribution >= 4 is 27.5 Å². The van der Waals surface area contributed by atoms with Crippen LogP contribution < -0.4 is 5.32 Å². The van der Waals surface area contributed by atoms with Crippen molar-refractivity contribution in [1.29, 1.82) is 0 Å². The zero-order valence-corrected chi connectivity index (χ0v) is 16.1. The van der Waals surface area contributed by atoms with Crippen molar-refractivity contribution in [2.75, 3.05) is 7.05 Å². The zero-order valence-electron chi connectivity index (χ0n) is 14.6. The maximum Gasteiger partial charge on any atom is 0.317 e. The standard InChI is InChI=1S/C20H13BrN2O5/c1-22-20-16(23(26)27)14(10-6-8-11(21)9-7-10)15-17(24)12-4-2-3-5-13(12)18(25)19(15)28-20/h2-9,14,22H,1H3. The van der Waals surface area contributed by atoms with Gasteiger partial charge in [-0.3, -0.25) is 19.7 Å². The highest BCUT2D eigenvalue weighted by atomic mass is 79.9. The van der Waals surface area contributed by atoms with E-state index in [1.54, 1.807) is 48.5 Å². The van der Waals surface area contributed by atoms with E-state index in [4.69, 9.17) is 4.74 Å². The van der Waals surface area contributed by atoms with Gasteiger partial charge in [0.1, 0.15) is 5.92 Å². The van der Waals surface area contributed by atoms with E-state index >= 15 is 0 Å². The molecule has 1 atom stereocenters. The fraction of sp³-hybridized carbons (Fsp3) is 0.100. The van der Waals surface area contributed by atoms with Gasteiger partial charge in [-0.15, -0.1) is 0 Å². The average Bonchev–Trinajstić information content (AvgIpc) is 2.71. The predicted molar refractivity (Wildman–Crippen MR) is 103 cm³/mol. The van der Waals surface area contributed by atoms with Gasteiger partial charge >= 0.3 is 5.70 Å². The molecule has 0 spiro atoms. The predicted octanol–water partition coefficient (Wildman–Crippen LogP) is 3.56. The lowest BCUT2D eigenvalue weighted by Gasteiger charge is -2.30. The second-order valence-corrected chi connectivity index (χ2v) is 7.17. The number of nitrogens with zero attached hydrogens (tertiary/aromatic N) is 1. The summed E-state index contributed by atoms with van der Waals surface area (Å²) >= 11 is 3.33. The highest BCUT2D eigenvalue weighted by molar-refractivity contribution is 9.10. The summed E-state index contributed by atoms with van der Waals surface area (Å²) in [5.41, 5.74) is 0.619. The molecule has 140 valence electrons. The van der Waals surface area contributed by atoms with Gasteiger partial charge in [0.2, 0.25) is 5.78 Å². The number of ether oxygens (including phenoxy) is 1. The van der Waals surface area contributed by atoms with Gasteiger partial charge in [-0.25, -0.2) is 0 Å². The summed E-state index contributed by atoms with van der Waals surface area (Å²) in [6.07, 6.45) is 0. The minimum absolute atomic E-state index is 0.0169. The maximum atomic E-state index is 13.2. The van der Waals surface area contributed by atoms with E-state index in [2.05, 4.69) is 21.2 Å². The number of hydrogen-bond acceptors (Lipinski definition) is 6. The van der Waals surface area contributed by atoms with Crippen molar-refractivity contribution in [3.63, 3.8) is 0 Å². The van der Waals surface area contributed by atoms with Gasteiger partial charge in [-0.2, -0.15) is 0 Å². The number of nitrogens with one attached hydrogen (secondary N) is 1. The Kier molecular flexibility index (Phi) is 4.35. The van der Waals surface area contributed by atoms with Gasteiger partial charge in [-0.1, -0.05) is 52.3 Å². The molecule has 1 N–H and O–H groups in total. The third-order valence-electron chi connectivity index (χ3n) is 4.74. The van der Waals surface area contributed by atoms with Crippen molar-refractivity contribution < 1.29 is 19.2 Å². The molecule has 0 saturated carbocycles. The summed E-state index contributed by atoms with van der Waals surface area (Å²) in [7, 11) is 1.46. The van der Waals surface area contributed by atoms with E-state index in [0.29, 0.717) is 5.56 Å². The number of ketones is 2. The molecule has 4 rings (SSSR count). The SMILES string of the molecule is CNC1=C([N+](=O)[O-])C(c2ccc(Br)cc2)C2=C(O1)C(=O)c1ccccc1C2=O. The van der Waals surface area contributed by atoms with Crippen LogP contribution in [0.4, 0.5) is 0 Å². The number of fused-ring (bicyclic) bond motifs is 1.